The molecule has 2 heterocycles. The average molecular weight is 358 g/mol. The lowest BCUT2D eigenvalue weighted by Gasteiger charge is -2.23. The lowest BCUT2D eigenvalue weighted by Crippen LogP contribution is -2.30. The second kappa shape index (κ2) is 8.05. The molecule has 1 aliphatic heterocycles. The molecular formula is C17H22N6O3. The van der Waals surface area contributed by atoms with Gasteiger partial charge in [0.2, 0.25) is 0 Å². The van der Waals surface area contributed by atoms with E-state index in [0.29, 0.717) is 18.7 Å². The highest BCUT2D eigenvalue weighted by molar-refractivity contribution is 5.93. The smallest absolute Gasteiger partial charge is 0.273 e. The molecule has 1 aromatic heterocycles. The summed E-state index contributed by atoms with van der Waals surface area (Å²) in [5.41, 5.74) is 2.12. The van der Waals surface area contributed by atoms with Gasteiger partial charge in [-0.15, -0.1) is 5.10 Å². The van der Waals surface area contributed by atoms with Crippen LogP contribution in [0, 0.1) is 17.0 Å². The number of carbonyl (C=O) groups excluding carboxylic acids is 1. The van der Waals surface area contributed by atoms with Gasteiger partial charge in [-0.2, -0.15) is 0 Å². The van der Waals surface area contributed by atoms with E-state index in [4.69, 9.17) is 0 Å². The number of nitrogens with one attached hydrogen (secondary N) is 2. The maximum absolute atomic E-state index is 12.4. The number of piperidine rings is 1. The molecule has 1 amide bonds. The van der Waals surface area contributed by atoms with Crippen molar-refractivity contribution < 1.29 is 9.72 Å². The molecule has 1 aliphatic rings. The van der Waals surface area contributed by atoms with E-state index in [1.165, 1.54) is 12.1 Å². The van der Waals surface area contributed by atoms with E-state index in [-0.39, 0.29) is 17.6 Å². The number of amides is 1. The lowest BCUT2D eigenvalue weighted by molar-refractivity contribution is -0.384. The monoisotopic (exact) mass is 358 g/mol. The Morgan fingerprint density at radius 2 is 2.04 bits per heavy atom. The Balaban J connectivity index is 1.55. The van der Waals surface area contributed by atoms with Gasteiger partial charge in [0, 0.05) is 18.7 Å². The van der Waals surface area contributed by atoms with Gasteiger partial charge in [-0.25, -0.2) is 4.68 Å². The summed E-state index contributed by atoms with van der Waals surface area (Å²) in [6.07, 6.45) is 2.54. The zero-order valence-corrected chi connectivity index (χ0v) is 14.6. The Kier molecular flexibility index (Phi) is 5.57. The second-order valence-corrected chi connectivity index (χ2v) is 6.38. The highest BCUT2D eigenvalue weighted by Gasteiger charge is 2.22. The van der Waals surface area contributed by atoms with E-state index >= 15 is 0 Å². The first-order chi connectivity index (χ1) is 12.6. The number of nitrogens with zero attached hydrogens (tertiary/aromatic N) is 4. The van der Waals surface area contributed by atoms with Crippen molar-refractivity contribution in [3.8, 4) is 0 Å². The summed E-state index contributed by atoms with van der Waals surface area (Å²) in [5.74, 6) is -0.246. The quantitative estimate of drug-likeness (QED) is 0.596. The van der Waals surface area contributed by atoms with E-state index in [1.54, 1.807) is 12.1 Å². The first kappa shape index (κ1) is 18.0. The maximum Gasteiger partial charge on any atom is 0.273 e. The van der Waals surface area contributed by atoms with E-state index < -0.39 is 4.92 Å². The Labute approximate surface area is 150 Å². The Morgan fingerprint density at radius 1 is 1.35 bits per heavy atom. The Bertz CT molecular complexity index is 780. The average Bonchev–Trinajstić information content (AvgIpc) is 3.04. The summed E-state index contributed by atoms with van der Waals surface area (Å²) < 4.78 is 1.85. The first-order valence-electron chi connectivity index (χ1n) is 8.70. The van der Waals surface area contributed by atoms with E-state index in [1.807, 2.05) is 11.6 Å². The van der Waals surface area contributed by atoms with Gasteiger partial charge in [0.1, 0.15) is 0 Å². The number of hydrogen-bond donors (Lipinski definition) is 2. The number of hydrogen-bond acceptors (Lipinski definition) is 6. The molecule has 1 fully saturated rings. The summed E-state index contributed by atoms with van der Waals surface area (Å²) in [7, 11) is 0. The molecule has 0 spiro atoms. The third-order valence-corrected chi connectivity index (χ3v) is 4.64. The van der Waals surface area contributed by atoms with Crippen LogP contribution in [0.4, 0.5) is 5.69 Å². The molecule has 9 nitrogen and oxygen atoms in total. The highest BCUT2D eigenvalue weighted by Crippen LogP contribution is 2.20. The Hall–Kier alpha value is -2.81. The molecule has 0 saturated carbocycles. The number of aromatic nitrogens is 3. The van der Waals surface area contributed by atoms with Crippen molar-refractivity contribution in [1.82, 2.24) is 25.6 Å². The van der Waals surface area contributed by atoms with Crippen LogP contribution in [0.2, 0.25) is 0 Å². The third-order valence-electron chi connectivity index (χ3n) is 4.64. The molecule has 3 rings (SSSR count). The van der Waals surface area contributed by atoms with Crippen molar-refractivity contribution >= 4 is 11.6 Å². The zero-order valence-electron chi connectivity index (χ0n) is 14.6. The van der Waals surface area contributed by atoms with Crippen LogP contribution in [0.1, 0.15) is 40.6 Å². The molecule has 26 heavy (non-hydrogen) atoms. The minimum Gasteiger partial charge on any atom is -0.350 e. The number of nitro groups is 1. The molecule has 1 saturated heterocycles. The number of carbonyl (C=O) groups is 1. The van der Waals surface area contributed by atoms with Crippen molar-refractivity contribution in [1.29, 1.82) is 0 Å². The van der Waals surface area contributed by atoms with Gasteiger partial charge in [0.05, 0.1) is 16.7 Å². The van der Waals surface area contributed by atoms with Crippen molar-refractivity contribution in [2.45, 2.75) is 32.2 Å². The molecule has 1 aromatic carbocycles. The lowest BCUT2D eigenvalue weighted by atomic mass is 10.1. The van der Waals surface area contributed by atoms with Crippen molar-refractivity contribution in [2.24, 2.45) is 0 Å². The zero-order chi connectivity index (χ0) is 18.5. The first-order valence-corrected chi connectivity index (χ1v) is 8.70. The minimum atomic E-state index is -0.431. The highest BCUT2D eigenvalue weighted by atomic mass is 16.6. The normalized spacial score (nSPS) is 15.0. The predicted molar refractivity (Wildman–Crippen MR) is 95.0 cm³/mol. The van der Waals surface area contributed by atoms with Crippen molar-refractivity contribution in [3.63, 3.8) is 0 Å². The number of non-ortho nitro benzene ring substituents is 1. The number of benzene rings is 1. The molecule has 0 unspecified atom stereocenters. The van der Waals surface area contributed by atoms with Gasteiger partial charge in [-0.05, 0) is 44.8 Å². The van der Waals surface area contributed by atoms with Crippen LogP contribution >= 0.6 is 0 Å². The van der Waals surface area contributed by atoms with Crippen molar-refractivity contribution in [2.75, 3.05) is 19.6 Å². The van der Waals surface area contributed by atoms with E-state index in [9.17, 15) is 14.9 Å². The summed E-state index contributed by atoms with van der Waals surface area (Å²) in [6, 6.07) is 6.61. The summed E-state index contributed by atoms with van der Waals surface area (Å²) >= 11 is 0. The molecule has 0 radical (unpaired) electrons. The number of nitro benzene ring substituents is 1. The third kappa shape index (κ3) is 4.05. The predicted octanol–water partition coefficient (Wildman–Crippen LogP) is 1.39. The minimum absolute atomic E-state index is 0.0583. The SMILES string of the molecule is Cc1c(C(=O)NCCc2ccc([N+](=O)[O-])cc2)nnn1C1CCNCC1. The van der Waals surface area contributed by atoms with Gasteiger partial charge in [0.15, 0.2) is 5.69 Å². The second-order valence-electron chi connectivity index (χ2n) is 6.38. The summed E-state index contributed by atoms with van der Waals surface area (Å²) in [4.78, 5) is 22.6. The molecule has 9 heteroatoms. The molecule has 138 valence electrons. The fourth-order valence-corrected chi connectivity index (χ4v) is 3.14. The number of rotatable bonds is 6. The van der Waals surface area contributed by atoms with Crippen LogP contribution in [0.15, 0.2) is 24.3 Å². The standard InChI is InChI=1S/C17H22N6O3/c1-12-16(20-21-22(12)14-7-9-18-10-8-14)17(24)19-11-6-13-2-4-15(5-3-13)23(25)26/h2-5,14,18H,6-11H2,1H3,(H,19,24). The topological polar surface area (TPSA) is 115 Å². The van der Waals surface area contributed by atoms with Crippen LogP contribution in [-0.2, 0) is 6.42 Å². The van der Waals surface area contributed by atoms with Crippen molar-refractivity contribution in [3.05, 3.63) is 51.3 Å². The summed E-state index contributed by atoms with van der Waals surface area (Å²) in [6.45, 7) is 4.19. The van der Waals surface area contributed by atoms with Gasteiger partial charge in [-0.1, -0.05) is 17.3 Å². The molecular weight excluding hydrogens is 336 g/mol. The largest absolute Gasteiger partial charge is 0.350 e. The maximum atomic E-state index is 12.4. The van der Waals surface area contributed by atoms with Crippen LogP contribution < -0.4 is 10.6 Å². The van der Waals surface area contributed by atoms with E-state index in [2.05, 4.69) is 20.9 Å². The molecule has 2 N–H and O–H groups in total. The fraction of sp³-hybridized carbons (Fsp3) is 0.471. The van der Waals surface area contributed by atoms with Crippen LogP contribution in [0.25, 0.3) is 0 Å². The fourth-order valence-electron chi connectivity index (χ4n) is 3.14. The van der Waals surface area contributed by atoms with Crippen LogP contribution in [-0.4, -0.2) is 45.5 Å². The Morgan fingerprint density at radius 3 is 2.69 bits per heavy atom. The molecule has 0 aliphatic carbocycles. The van der Waals surface area contributed by atoms with Crippen LogP contribution in [0.5, 0.6) is 0 Å². The van der Waals surface area contributed by atoms with Gasteiger partial charge >= 0.3 is 0 Å². The van der Waals surface area contributed by atoms with Gasteiger partial charge in [0.25, 0.3) is 11.6 Å². The van der Waals surface area contributed by atoms with Gasteiger partial charge in [-0.3, -0.25) is 14.9 Å². The summed E-state index contributed by atoms with van der Waals surface area (Å²) in [5, 5.41) is 25.0. The molecule has 2 aromatic rings. The van der Waals surface area contributed by atoms with Gasteiger partial charge < -0.3 is 10.6 Å². The molecule has 0 bridgehead atoms. The molecule has 0 atom stereocenters. The van der Waals surface area contributed by atoms with E-state index in [0.717, 1.165) is 37.2 Å². The van der Waals surface area contributed by atoms with Crippen LogP contribution in [0.3, 0.4) is 0 Å².